The van der Waals surface area contributed by atoms with E-state index in [4.69, 9.17) is 4.74 Å². The van der Waals surface area contributed by atoms with Crippen molar-refractivity contribution >= 4 is 23.6 Å². The van der Waals surface area contributed by atoms with Gasteiger partial charge in [0.1, 0.15) is 5.75 Å². The van der Waals surface area contributed by atoms with E-state index in [1.54, 1.807) is 13.2 Å². The van der Waals surface area contributed by atoms with Crippen LogP contribution in [0.5, 0.6) is 5.75 Å². The van der Waals surface area contributed by atoms with Gasteiger partial charge in [0.25, 0.3) is 0 Å². The first-order chi connectivity index (χ1) is 13.6. The van der Waals surface area contributed by atoms with Gasteiger partial charge in [-0.3, -0.25) is 9.59 Å². The second-order valence-electron chi connectivity index (χ2n) is 6.83. The molecule has 0 radical (unpaired) electrons. The van der Waals surface area contributed by atoms with Crippen molar-refractivity contribution in [2.75, 3.05) is 25.5 Å². The van der Waals surface area contributed by atoms with Crippen LogP contribution < -0.4 is 10.1 Å². The molecule has 28 heavy (non-hydrogen) atoms. The Hall–Kier alpha value is -3.08. The number of nitrogens with one attached hydrogen (secondary N) is 1. The molecule has 2 aromatic carbocycles. The number of carbonyl (C=O) groups excluding carboxylic acids is 2. The smallest absolute Gasteiger partial charge is 0.231 e. The van der Waals surface area contributed by atoms with E-state index in [1.807, 2.05) is 66.4 Å². The first-order valence-corrected chi connectivity index (χ1v) is 9.61. The minimum absolute atomic E-state index is 0.0242. The second-order valence-corrected chi connectivity index (χ2v) is 6.83. The number of carbonyl (C=O) groups is 2. The summed E-state index contributed by atoms with van der Waals surface area (Å²) in [7, 11) is 1.56. The third-order valence-electron chi connectivity index (χ3n) is 4.85. The molecule has 0 aromatic heterocycles. The predicted octanol–water partition coefficient (Wildman–Crippen LogP) is 4.07. The van der Waals surface area contributed by atoms with Gasteiger partial charge < -0.3 is 15.0 Å². The van der Waals surface area contributed by atoms with Crippen molar-refractivity contribution in [3.8, 4) is 5.75 Å². The van der Waals surface area contributed by atoms with Crippen LogP contribution in [0.2, 0.25) is 0 Å². The number of ether oxygens (including phenoxy) is 1. The predicted molar refractivity (Wildman–Crippen MR) is 111 cm³/mol. The molecule has 1 heterocycles. The van der Waals surface area contributed by atoms with Gasteiger partial charge in [0.05, 0.1) is 18.7 Å². The molecule has 1 atom stereocenters. The summed E-state index contributed by atoms with van der Waals surface area (Å²) >= 11 is 0. The fraction of sp³-hybridized carbons (Fsp3) is 0.304. The average Bonchev–Trinajstić information content (AvgIpc) is 2.72. The minimum Gasteiger partial charge on any atom is -0.495 e. The second kappa shape index (κ2) is 9.22. The van der Waals surface area contributed by atoms with Crippen LogP contribution >= 0.6 is 0 Å². The number of benzene rings is 2. The van der Waals surface area contributed by atoms with Crippen molar-refractivity contribution in [3.05, 3.63) is 65.7 Å². The summed E-state index contributed by atoms with van der Waals surface area (Å²) in [5, 5.41) is 2.85. The number of methoxy groups -OCH3 is 1. The lowest BCUT2D eigenvalue weighted by molar-refractivity contribution is -0.134. The van der Waals surface area contributed by atoms with Crippen LogP contribution in [0, 0.1) is 0 Å². The molecule has 0 aliphatic carbocycles. The molecule has 0 unspecified atom stereocenters. The molecule has 1 aliphatic heterocycles. The van der Waals surface area contributed by atoms with Crippen LogP contribution in [0.4, 0.5) is 5.69 Å². The highest BCUT2D eigenvalue weighted by Crippen LogP contribution is 2.39. The van der Waals surface area contributed by atoms with E-state index in [9.17, 15) is 9.59 Å². The van der Waals surface area contributed by atoms with Crippen LogP contribution in [0.3, 0.4) is 0 Å². The SMILES string of the molecule is CCCN(C/C=C/c1ccccc1)C(=O)[C@H]1CC(=O)Nc2c(OC)cccc21. The largest absolute Gasteiger partial charge is 0.495 e. The molecule has 0 saturated heterocycles. The standard InChI is InChI=1S/C23H26N2O3/c1-3-14-25(15-8-11-17-9-5-4-6-10-17)23(27)19-16-21(26)24-22-18(19)12-7-13-20(22)28-2/h4-13,19H,3,14-16H2,1-2H3,(H,24,26)/b11-8+/t19-/m0/s1. The first-order valence-electron chi connectivity index (χ1n) is 9.61. The van der Waals surface area contributed by atoms with Gasteiger partial charge in [0, 0.05) is 19.5 Å². The molecule has 1 N–H and O–H groups in total. The molecule has 3 rings (SSSR count). The Labute approximate surface area is 166 Å². The maximum absolute atomic E-state index is 13.3. The zero-order valence-corrected chi connectivity index (χ0v) is 16.4. The van der Waals surface area contributed by atoms with Crippen molar-refractivity contribution in [2.45, 2.75) is 25.7 Å². The third kappa shape index (κ3) is 4.42. The van der Waals surface area contributed by atoms with E-state index in [1.165, 1.54) is 0 Å². The quantitative estimate of drug-likeness (QED) is 0.790. The lowest BCUT2D eigenvalue weighted by Crippen LogP contribution is -2.39. The van der Waals surface area contributed by atoms with Gasteiger partial charge in [-0.2, -0.15) is 0 Å². The lowest BCUT2D eigenvalue weighted by atomic mass is 9.89. The third-order valence-corrected chi connectivity index (χ3v) is 4.85. The van der Waals surface area contributed by atoms with E-state index >= 15 is 0 Å². The highest BCUT2D eigenvalue weighted by molar-refractivity contribution is 6.02. The van der Waals surface area contributed by atoms with Crippen LogP contribution in [-0.4, -0.2) is 36.9 Å². The van der Waals surface area contributed by atoms with Crippen molar-refractivity contribution < 1.29 is 14.3 Å². The van der Waals surface area contributed by atoms with E-state index in [-0.39, 0.29) is 18.2 Å². The van der Waals surface area contributed by atoms with Gasteiger partial charge in [-0.15, -0.1) is 0 Å². The molecular weight excluding hydrogens is 352 g/mol. The molecule has 1 aliphatic rings. The average molecular weight is 378 g/mol. The first kappa shape index (κ1) is 19.7. The Morgan fingerprint density at radius 3 is 2.71 bits per heavy atom. The van der Waals surface area contributed by atoms with Crippen molar-refractivity contribution in [3.63, 3.8) is 0 Å². The Morgan fingerprint density at radius 2 is 2.00 bits per heavy atom. The van der Waals surface area contributed by atoms with E-state index in [2.05, 4.69) is 5.32 Å². The molecular formula is C23H26N2O3. The van der Waals surface area contributed by atoms with Crippen LogP contribution in [0.15, 0.2) is 54.6 Å². The Kier molecular flexibility index (Phi) is 6.48. The number of hydrogen-bond acceptors (Lipinski definition) is 3. The molecule has 146 valence electrons. The van der Waals surface area contributed by atoms with Crippen molar-refractivity contribution in [1.29, 1.82) is 0 Å². The summed E-state index contributed by atoms with van der Waals surface area (Å²) in [6.45, 7) is 3.21. The van der Waals surface area contributed by atoms with Crippen LogP contribution in [0.25, 0.3) is 6.08 Å². The maximum atomic E-state index is 13.3. The fourth-order valence-electron chi connectivity index (χ4n) is 3.51. The van der Waals surface area contributed by atoms with Gasteiger partial charge in [0.15, 0.2) is 0 Å². The number of hydrogen-bond donors (Lipinski definition) is 1. The van der Waals surface area contributed by atoms with Crippen molar-refractivity contribution in [2.24, 2.45) is 0 Å². The van der Waals surface area contributed by atoms with E-state index in [0.717, 1.165) is 17.5 Å². The number of rotatable bonds is 7. The van der Waals surface area contributed by atoms with Crippen LogP contribution in [-0.2, 0) is 9.59 Å². The highest BCUT2D eigenvalue weighted by Gasteiger charge is 2.34. The zero-order valence-electron chi connectivity index (χ0n) is 16.4. The monoisotopic (exact) mass is 378 g/mol. The van der Waals surface area contributed by atoms with E-state index in [0.29, 0.717) is 24.5 Å². The van der Waals surface area contributed by atoms with Gasteiger partial charge in [-0.1, -0.05) is 61.5 Å². The number of nitrogens with zero attached hydrogens (tertiary/aromatic N) is 1. The van der Waals surface area contributed by atoms with E-state index < -0.39 is 5.92 Å². The van der Waals surface area contributed by atoms with Gasteiger partial charge in [-0.25, -0.2) is 0 Å². The van der Waals surface area contributed by atoms with Gasteiger partial charge in [0.2, 0.25) is 11.8 Å². The molecule has 2 aromatic rings. The lowest BCUT2D eigenvalue weighted by Gasteiger charge is -2.30. The molecule has 0 bridgehead atoms. The topological polar surface area (TPSA) is 58.6 Å². The number of anilines is 1. The summed E-state index contributed by atoms with van der Waals surface area (Å²) in [4.78, 5) is 27.4. The summed E-state index contributed by atoms with van der Waals surface area (Å²) < 4.78 is 5.36. The molecule has 0 saturated carbocycles. The Morgan fingerprint density at radius 1 is 1.21 bits per heavy atom. The fourth-order valence-corrected chi connectivity index (χ4v) is 3.51. The molecule has 5 heteroatoms. The van der Waals surface area contributed by atoms with Crippen LogP contribution in [0.1, 0.15) is 36.8 Å². The molecule has 5 nitrogen and oxygen atoms in total. The molecule has 0 spiro atoms. The number of para-hydroxylation sites is 1. The summed E-state index contributed by atoms with van der Waals surface area (Å²) in [6, 6.07) is 15.5. The number of fused-ring (bicyclic) bond motifs is 1. The minimum atomic E-state index is -0.490. The number of amides is 2. The summed E-state index contributed by atoms with van der Waals surface area (Å²) in [5.41, 5.74) is 2.52. The summed E-state index contributed by atoms with van der Waals surface area (Å²) in [5.74, 6) is -0.0968. The maximum Gasteiger partial charge on any atom is 0.231 e. The highest BCUT2D eigenvalue weighted by atomic mass is 16.5. The molecule has 0 fully saturated rings. The van der Waals surface area contributed by atoms with Crippen molar-refractivity contribution in [1.82, 2.24) is 4.90 Å². The summed E-state index contributed by atoms with van der Waals surface area (Å²) in [6.07, 6.45) is 5.02. The Balaban J connectivity index is 1.82. The zero-order chi connectivity index (χ0) is 19.9. The van der Waals surface area contributed by atoms with Gasteiger partial charge >= 0.3 is 0 Å². The Bertz CT molecular complexity index is 861. The normalized spacial score (nSPS) is 15.8. The van der Waals surface area contributed by atoms with Gasteiger partial charge in [-0.05, 0) is 23.6 Å². The molecule has 2 amide bonds.